The Morgan fingerprint density at radius 3 is 2.88 bits per heavy atom. The Morgan fingerprint density at radius 1 is 1.42 bits per heavy atom. The van der Waals surface area contributed by atoms with E-state index in [1.165, 1.54) is 22.0 Å². The van der Waals surface area contributed by atoms with Crippen molar-refractivity contribution in [3.8, 4) is 0 Å². The van der Waals surface area contributed by atoms with Crippen LogP contribution in [0.3, 0.4) is 0 Å². The number of pyridine rings is 1. The normalized spacial score (nSPS) is 16.8. The predicted molar refractivity (Wildman–Crippen MR) is 95.2 cm³/mol. The summed E-state index contributed by atoms with van der Waals surface area (Å²) in [5.74, 6) is -0.199. The molecule has 5 nitrogen and oxygen atoms in total. The molecule has 2 aromatic rings. The van der Waals surface area contributed by atoms with Crippen molar-refractivity contribution < 1.29 is 14.4 Å². The van der Waals surface area contributed by atoms with Crippen LogP contribution in [0, 0.1) is 0 Å². The van der Waals surface area contributed by atoms with E-state index in [0.29, 0.717) is 12.1 Å². The van der Waals surface area contributed by atoms with Crippen LogP contribution in [0.15, 0.2) is 29.8 Å². The van der Waals surface area contributed by atoms with Crippen LogP contribution in [0.2, 0.25) is 10.2 Å². The summed E-state index contributed by atoms with van der Waals surface area (Å²) in [6, 6.07) is 5.91. The maximum atomic E-state index is 12.4. The SMILES string of the molecule is O=C(NC[C@@H](c1cccs1)[NH+]1CCOCC1)c1cnc(Cl)c(Cl)c1. The van der Waals surface area contributed by atoms with E-state index >= 15 is 0 Å². The summed E-state index contributed by atoms with van der Waals surface area (Å²) in [4.78, 5) is 19.0. The van der Waals surface area contributed by atoms with Gasteiger partial charge in [-0.05, 0) is 17.5 Å². The van der Waals surface area contributed by atoms with Gasteiger partial charge in [0.2, 0.25) is 0 Å². The van der Waals surface area contributed by atoms with Crippen LogP contribution in [0.25, 0.3) is 0 Å². The maximum Gasteiger partial charge on any atom is 0.253 e. The number of nitrogens with one attached hydrogen (secondary N) is 2. The van der Waals surface area contributed by atoms with Crippen molar-refractivity contribution in [2.45, 2.75) is 6.04 Å². The Kier molecular flexibility index (Phi) is 6.08. The number of nitrogens with zero attached hydrogens (tertiary/aromatic N) is 1. The molecule has 1 amide bonds. The van der Waals surface area contributed by atoms with Crippen molar-refractivity contribution in [1.29, 1.82) is 0 Å². The fourth-order valence-corrected chi connectivity index (χ4v) is 3.92. The second-order valence-corrected chi connectivity index (χ2v) is 7.29. The molecule has 3 heterocycles. The van der Waals surface area contributed by atoms with Gasteiger partial charge in [0.15, 0.2) is 0 Å². The minimum Gasteiger partial charge on any atom is -0.370 e. The average molecular weight is 387 g/mol. The highest BCUT2D eigenvalue weighted by Crippen LogP contribution is 2.20. The van der Waals surface area contributed by atoms with Crippen LogP contribution in [0.4, 0.5) is 0 Å². The molecule has 2 N–H and O–H groups in total. The molecule has 8 heteroatoms. The number of carbonyl (C=O) groups excluding carboxylic acids is 1. The summed E-state index contributed by atoms with van der Waals surface area (Å²) in [6.45, 7) is 3.93. The Morgan fingerprint density at radius 2 is 2.21 bits per heavy atom. The van der Waals surface area contributed by atoms with Crippen molar-refractivity contribution in [2.75, 3.05) is 32.8 Å². The van der Waals surface area contributed by atoms with Crippen molar-refractivity contribution in [3.63, 3.8) is 0 Å². The van der Waals surface area contributed by atoms with E-state index in [4.69, 9.17) is 27.9 Å². The highest BCUT2D eigenvalue weighted by atomic mass is 35.5. The minimum atomic E-state index is -0.199. The Bertz CT molecular complexity index is 691. The summed E-state index contributed by atoms with van der Waals surface area (Å²) in [6.07, 6.45) is 1.44. The van der Waals surface area contributed by atoms with Gasteiger partial charge in [0.05, 0.1) is 35.2 Å². The van der Waals surface area contributed by atoms with Gasteiger partial charge in [-0.25, -0.2) is 4.98 Å². The number of rotatable bonds is 5. The highest BCUT2D eigenvalue weighted by Gasteiger charge is 2.27. The number of amides is 1. The molecular weight excluding hydrogens is 369 g/mol. The summed E-state index contributed by atoms with van der Waals surface area (Å²) in [5, 5.41) is 5.53. The van der Waals surface area contributed by atoms with E-state index in [2.05, 4.69) is 21.7 Å². The first-order chi connectivity index (χ1) is 11.6. The number of aromatic nitrogens is 1. The first-order valence-corrected chi connectivity index (χ1v) is 9.33. The number of carbonyl (C=O) groups is 1. The zero-order valence-corrected chi connectivity index (χ0v) is 15.3. The van der Waals surface area contributed by atoms with Gasteiger partial charge in [-0.2, -0.15) is 0 Å². The third kappa shape index (κ3) is 4.26. The van der Waals surface area contributed by atoms with Gasteiger partial charge in [0.1, 0.15) is 24.3 Å². The Labute approximate surface area is 154 Å². The quantitative estimate of drug-likeness (QED) is 0.770. The van der Waals surface area contributed by atoms with E-state index in [9.17, 15) is 4.79 Å². The number of halogens is 2. The third-order valence-corrected chi connectivity index (χ3v) is 5.71. The second kappa shape index (κ2) is 8.27. The molecule has 1 aliphatic heterocycles. The van der Waals surface area contributed by atoms with E-state index in [0.717, 1.165) is 26.3 Å². The largest absolute Gasteiger partial charge is 0.370 e. The average Bonchev–Trinajstić information content (AvgIpc) is 3.12. The lowest BCUT2D eigenvalue weighted by atomic mass is 10.1. The van der Waals surface area contributed by atoms with E-state index < -0.39 is 0 Å². The molecule has 1 saturated heterocycles. The minimum absolute atomic E-state index is 0.197. The molecule has 0 bridgehead atoms. The first-order valence-electron chi connectivity index (χ1n) is 7.70. The van der Waals surface area contributed by atoms with E-state index in [-0.39, 0.29) is 22.1 Å². The number of hydrogen-bond donors (Lipinski definition) is 2. The molecule has 1 fully saturated rings. The van der Waals surface area contributed by atoms with Crippen LogP contribution in [0.1, 0.15) is 21.3 Å². The molecule has 0 spiro atoms. The van der Waals surface area contributed by atoms with E-state index in [1.54, 1.807) is 11.3 Å². The van der Waals surface area contributed by atoms with Gasteiger partial charge in [0.25, 0.3) is 5.91 Å². The standard InChI is InChI=1S/C16H17Cl2N3O2S/c17-12-8-11(9-19-15(12)18)16(22)20-10-13(14-2-1-7-24-14)21-3-5-23-6-4-21/h1-2,7-9,13H,3-6,10H2,(H,20,22)/p+1/t13-/m0/s1. The number of quaternary nitrogens is 1. The molecule has 128 valence electrons. The first kappa shape index (κ1) is 17.6. The molecule has 0 saturated carbocycles. The zero-order chi connectivity index (χ0) is 16.9. The Hall–Kier alpha value is -1.18. The van der Waals surface area contributed by atoms with Crippen molar-refractivity contribution in [1.82, 2.24) is 10.3 Å². The summed E-state index contributed by atoms with van der Waals surface area (Å²) in [5.41, 5.74) is 0.409. The molecule has 1 atom stereocenters. The van der Waals surface area contributed by atoms with Crippen LogP contribution in [0.5, 0.6) is 0 Å². The second-order valence-electron chi connectivity index (χ2n) is 5.55. The topological polar surface area (TPSA) is 55.7 Å². The number of morpholine rings is 1. The molecule has 0 unspecified atom stereocenters. The third-order valence-electron chi connectivity index (χ3n) is 4.04. The zero-order valence-electron chi connectivity index (χ0n) is 12.9. The number of hydrogen-bond acceptors (Lipinski definition) is 4. The van der Waals surface area contributed by atoms with Gasteiger partial charge >= 0.3 is 0 Å². The van der Waals surface area contributed by atoms with Crippen molar-refractivity contribution in [2.24, 2.45) is 0 Å². The van der Waals surface area contributed by atoms with E-state index in [1.807, 2.05) is 6.07 Å². The molecule has 24 heavy (non-hydrogen) atoms. The number of thiophene rings is 1. The van der Waals surface area contributed by atoms with Crippen molar-refractivity contribution >= 4 is 40.4 Å². The molecule has 3 rings (SSSR count). The molecule has 2 aromatic heterocycles. The van der Waals surface area contributed by atoms with Crippen LogP contribution >= 0.6 is 34.5 Å². The maximum absolute atomic E-state index is 12.4. The fourth-order valence-electron chi connectivity index (χ4n) is 2.76. The van der Waals surface area contributed by atoms with Crippen LogP contribution in [-0.2, 0) is 4.74 Å². The monoisotopic (exact) mass is 386 g/mol. The summed E-state index contributed by atoms with van der Waals surface area (Å²) >= 11 is 13.4. The van der Waals surface area contributed by atoms with Gasteiger partial charge in [-0.15, -0.1) is 11.3 Å². The van der Waals surface area contributed by atoms with Gasteiger partial charge < -0.3 is 15.0 Å². The van der Waals surface area contributed by atoms with Crippen molar-refractivity contribution in [3.05, 3.63) is 50.4 Å². The van der Waals surface area contributed by atoms with Crippen LogP contribution < -0.4 is 10.2 Å². The lowest BCUT2D eigenvalue weighted by Crippen LogP contribution is -3.15. The van der Waals surface area contributed by atoms with Gasteiger partial charge in [0, 0.05) is 6.20 Å². The lowest BCUT2D eigenvalue weighted by molar-refractivity contribution is -0.937. The smallest absolute Gasteiger partial charge is 0.253 e. The number of ether oxygens (including phenoxy) is 1. The molecular formula is C16H18Cl2N3O2S+. The predicted octanol–water partition coefficient (Wildman–Crippen LogP) is 1.84. The fraction of sp³-hybridized carbons (Fsp3) is 0.375. The highest BCUT2D eigenvalue weighted by molar-refractivity contribution is 7.10. The molecule has 0 aliphatic carbocycles. The molecule has 0 radical (unpaired) electrons. The molecule has 1 aliphatic rings. The van der Waals surface area contributed by atoms with Gasteiger partial charge in [-0.3, -0.25) is 4.79 Å². The lowest BCUT2D eigenvalue weighted by Gasteiger charge is -2.31. The molecule has 0 aromatic carbocycles. The van der Waals surface area contributed by atoms with Crippen LogP contribution in [-0.4, -0.2) is 43.7 Å². The van der Waals surface area contributed by atoms with Gasteiger partial charge in [-0.1, -0.05) is 29.3 Å². The summed E-state index contributed by atoms with van der Waals surface area (Å²) in [7, 11) is 0. The summed E-state index contributed by atoms with van der Waals surface area (Å²) < 4.78 is 5.45. The Balaban J connectivity index is 1.68.